The smallest absolute Gasteiger partial charge is 0.407 e. The Morgan fingerprint density at radius 3 is 2.51 bits per heavy atom. The van der Waals surface area contributed by atoms with Gasteiger partial charge in [0.2, 0.25) is 5.91 Å². The largest absolute Gasteiger partial charge is 0.450 e. The van der Waals surface area contributed by atoms with E-state index < -0.39 is 17.6 Å². The van der Waals surface area contributed by atoms with Gasteiger partial charge in [0.15, 0.2) is 0 Å². The highest BCUT2D eigenvalue weighted by molar-refractivity contribution is 7.80. The Kier molecular flexibility index (Phi) is 9.92. The molecule has 2 fully saturated rings. The molecule has 2 amide bonds. The first kappa shape index (κ1) is 27.4. The Bertz CT molecular complexity index is 855. The van der Waals surface area contributed by atoms with Gasteiger partial charge in [0.05, 0.1) is 12.6 Å². The van der Waals surface area contributed by atoms with Gasteiger partial charge in [-0.25, -0.2) is 4.79 Å². The van der Waals surface area contributed by atoms with Crippen LogP contribution in [-0.4, -0.2) is 59.7 Å². The molecule has 0 aromatic heterocycles. The molecule has 2 aliphatic rings. The second-order valence-electron chi connectivity index (χ2n) is 10.7. The molecule has 0 spiro atoms. The van der Waals surface area contributed by atoms with E-state index in [1.807, 2.05) is 23.1 Å². The molecule has 1 heterocycles. The van der Waals surface area contributed by atoms with E-state index in [-0.39, 0.29) is 18.6 Å². The zero-order chi connectivity index (χ0) is 25.4. The molecule has 1 aliphatic heterocycles. The fourth-order valence-electron chi connectivity index (χ4n) is 5.33. The van der Waals surface area contributed by atoms with Gasteiger partial charge in [-0.05, 0) is 68.8 Å². The maximum Gasteiger partial charge on any atom is 0.407 e. The van der Waals surface area contributed by atoms with Crippen LogP contribution < -0.4 is 16.4 Å². The fraction of sp³-hybridized carbons (Fsp3) is 0.667. The Morgan fingerprint density at radius 1 is 1.17 bits per heavy atom. The van der Waals surface area contributed by atoms with Crippen molar-refractivity contribution in [1.29, 1.82) is 0 Å². The van der Waals surface area contributed by atoms with Crippen molar-refractivity contribution in [3.63, 3.8) is 0 Å². The molecule has 7 nitrogen and oxygen atoms in total. The first-order valence-corrected chi connectivity index (χ1v) is 13.4. The van der Waals surface area contributed by atoms with Gasteiger partial charge >= 0.3 is 6.09 Å². The van der Waals surface area contributed by atoms with Crippen molar-refractivity contribution in [2.75, 3.05) is 19.7 Å². The standard InChI is InChI=1S/C27H42N4O3S/c1-4-34-26(33)30-23(27(2,3)17-19-9-6-5-7-10-19)25(35)31-16-8-11-22(31)24(32)29-18-20-12-14-21(28)15-13-20/h5-7,9-10,20-23H,4,8,11-18,28H2,1-3H3,(H,29,32)(H,30,33)/t20?,21?,22-,23+/m0/s1. The normalized spacial score (nSPS) is 23.4. The Labute approximate surface area is 215 Å². The number of likely N-dealkylation sites (tertiary alicyclic amines) is 1. The zero-order valence-corrected chi connectivity index (χ0v) is 22.2. The number of benzene rings is 1. The Balaban J connectivity index is 1.70. The fourth-order valence-corrected chi connectivity index (χ4v) is 5.93. The lowest BCUT2D eigenvalue weighted by Crippen LogP contribution is -2.58. The number of nitrogens with two attached hydrogens (primary N) is 1. The molecule has 0 bridgehead atoms. The van der Waals surface area contributed by atoms with Crippen LogP contribution in [0.1, 0.15) is 64.9 Å². The molecule has 35 heavy (non-hydrogen) atoms. The third-order valence-electron chi connectivity index (χ3n) is 7.36. The number of carbonyl (C=O) groups excluding carboxylic acids is 2. The van der Waals surface area contributed by atoms with E-state index in [4.69, 9.17) is 22.7 Å². The molecule has 1 aromatic rings. The maximum absolute atomic E-state index is 13.2. The summed E-state index contributed by atoms with van der Waals surface area (Å²) >= 11 is 5.98. The van der Waals surface area contributed by atoms with E-state index in [2.05, 4.69) is 36.6 Å². The minimum absolute atomic E-state index is 0.0236. The van der Waals surface area contributed by atoms with Crippen LogP contribution >= 0.6 is 12.2 Å². The van der Waals surface area contributed by atoms with E-state index in [0.717, 1.165) is 44.9 Å². The minimum Gasteiger partial charge on any atom is -0.450 e. The number of amides is 2. The molecule has 1 aromatic carbocycles. The number of hydrogen-bond acceptors (Lipinski definition) is 5. The highest BCUT2D eigenvalue weighted by atomic mass is 32.1. The van der Waals surface area contributed by atoms with Crippen LogP contribution in [0.15, 0.2) is 30.3 Å². The average molecular weight is 503 g/mol. The summed E-state index contributed by atoms with van der Waals surface area (Å²) in [6.45, 7) is 7.66. The minimum atomic E-state index is -0.489. The van der Waals surface area contributed by atoms with Gasteiger partial charge in [0.25, 0.3) is 0 Å². The van der Waals surface area contributed by atoms with Gasteiger partial charge in [-0.15, -0.1) is 0 Å². The van der Waals surface area contributed by atoms with Gasteiger partial charge in [0, 0.05) is 19.1 Å². The average Bonchev–Trinajstić information content (AvgIpc) is 3.32. The van der Waals surface area contributed by atoms with Crippen LogP contribution in [0.5, 0.6) is 0 Å². The number of nitrogens with one attached hydrogen (secondary N) is 2. The van der Waals surface area contributed by atoms with Crippen LogP contribution in [0.2, 0.25) is 0 Å². The summed E-state index contributed by atoms with van der Waals surface area (Å²) in [5, 5.41) is 6.19. The van der Waals surface area contributed by atoms with Crippen LogP contribution in [0.4, 0.5) is 4.79 Å². The van der Waals surface area contributed by atoms with Crippen molar-refractivity contribution in [3.8, 4) is 0 Å². The molecular formula is C27H42N4O3S. The molecule has 8 heteroatoms. The number of ether oxygens (including phenoxy) is 1. The summed E-state index contributed by atoms with van der Waals surface area (Å²) in [7, 11) is 0. The van der Waals surface area contributed by atoms with Crippen molar-refractivity contribution in [1.82, 2.24) is 15.5 Å². The summed E-state index contributed by atoms with van der Waals surface area (Å²) in [6, 6.07) is 9.71. The summed E-state index contributed by atoms with van der Waals surface area (Å²) in [5.74, 6) is 0.513. The predicted octanol–water partition coefficient (Wildman–Crippen LogP) is 3.80. The van der Waals surface area contributed by atoms with Crippen LogP contribution in [0.3, 0.4) is 0 Å². The molecule has 0 unspecified atom stereocenters. The molecule has 1 saturated carbocycles. The van der Waals surface area contributed by atoms with Gasteiger partial charge < -0.3 is 26.0 Å². The predicted molar refractivity (Wildman–Crippen MR) is 143 cm³/mol. The lowest BCUT2D eigenvalue weighted by Gasteiger charge is -2.39. The Morgan fingerprint density at radius 2 is 1.86 bits per heavy atom. The van der Waals surface area contributed by atoms with Gasteiger partial charge in [-0.3, -0.25) is 4.79 Å². The third kappa shape index (κ3) is 7.64. The van der Waals surface area contributed by atoms with E-state index in [9.17, 15) is 9.59 Å². The summed E-state index contributed by atoms with van der Waals surface area (Å²) in [4.78, 5) is 28.3. The van der Waals surface area contributed by atoms with Gasteiger partial charge in [-0.2, -0.15) is 0 Å². The monoisotopic (exact) mass is 502 g/mol. The van der Waals surface area contributed by atoms with Crippen molar-refractivity contribution in [3.05, 3.63) is 35.9 Å². The first-order valence-electron chi connectivity index (χ1n) is 13.0. The van der Waals surface area contributed by atoms with Crippen molar-refractivity contribution in [2.24, 2.45) is 17.1 Å². The third-order valence-corrected chi connectivity index (χ3v) is 7.83. The summed E-state index contributed by atoms with van der Waals surface area (Å²) < 4.78 is 5.20. The topological polar surface area (TPSA) is 96.7 Å². The molecule has 2 atom stereocenters. The number of rotatable bonds is 9. The zero-order valence-electron chi connectivity index (χ0n) is 21.4. The number of thiocarbonyl (C=S) groups is 1. The number of carbonyl (C=O) groups is 2. The number of nitrogens with zero attached hydrogens (tertiary/aromatic N) is 1. The lowest BCUT2D eigenvalue weighted by atomic mass is 9.78. The molecule has 4 N–H and O–H groups in total. The summed E-state index contributed by atoms with van der Waals surface area (Å²) in [6.07, 6.45) is 6.06. The molecule has 3 rings (SSSR count). The lowest BCUT2D eigenvalue weighted by molar-refractivity contribution is -0.124. The van der Waals surface area contributed by atoms with E-state index in [1.165, 1.54) is 5.56 Å². The van der Waals surface area contributed by atoms with Crippen LogP contribution in [-0.2, 0) is 16.0 Å². The highest BCUT2D eigenvalue weighted by Crippen LogP contribution is 2.31. The summed E-state index contributed by atoms with van der Waals surface area (Å²) in [5.41, 5.74) is 6.79. The second-order valence-corrected chi connectivity index (χ2v) is 11.1. The van der Waals surface area contributed by atoms with Crippen molar-refractivity contribution in [2.45, 2.75) is 83.8 Å². The number of hydrogen-bond donors (Lipinski definition) is 3. The van der Waals surface area contributed by atoms with Crippen LogP contribution in [0.25, 0.3) is 0 Å². The molecule has 194 valence electrons. The van der Waals surface area contributed by atoms with E-state index >= 15 is 0 Å². The second kappa shape index (κ2) is 12.7. The quantitative estimate of drug-likeness (QED) is 0.445. The first-order chi connectivity index (χ1) is 16.7. The molecule has 1 aliphatic carbocycles. The molecule has 0 radical (unpaired) electrons. The van der Waals surface area contributed by atoms with Gasteiger partial charge in [0.1, 0.15) is 11.0 Å². The van der Waals surface area contributed by atoms with Crippen molar-refractivity contribution < 1.29 is 14.3 Å². The maximum atomic E-state index is 13.2. The van der Waals surface area contributed by atoms with E-state index in [1.54, 1.807) is 6.92 Å². The van der Waals surface area contributed by atoms with E-state index in [0.29, 0.717) is 30.0 Å². The van der Waals surface area contributed by atoms with Gasteiger partial charge in [-0.1, -0.05) is 56.4 Å². The molecular weight excluding hydrogens is 460 g/mol. The SMILES string of the molecule is CCOC(=O)N[C@H](C(=S)N1CCC[C@H]1C(=O)NCC1CCC(N)CC1)C(C)(C)Cc1ccccc1. The Hall–Kier alpha value is -2.19. The van der Waals surface area contributed by atoms with Crippen molar-refractivity contribution >= 4 is 29.2 Å². The van der Waals surface area contributed by atoms with Crippen LogP contribution in [0, 0.1) is 11.3 Å². The molecule has 1 saturated heterocycles. The highest BCUT2D eigenvalue weighted by Gasteiger charge is 2.41. The number of alkyl carbamates (subject to hydrolysis) is 1.